The van der Waals surface area contributed by atoms with Crippen molar-refractivity contribution in [1.29, 1.82) is 0 Å². The van der Waals surface area contributed by atoms with E-state index in [1.807, 2.05) is 13.0 Å². The zero-order valence-electron chi connectivity index (χ0n) is 10.1. The van der Waals surface area contributed by atoms with Crippen LogP contribution in [0.3, 0.4) is 0 Å². The summed E-state index contributed by atoms with van der Waals surface area (Å²) in [5.74, 6) is 0.728. The lowest BCUT2D eigenvalue weighted by atomic mass is 10.3. The molecular formula is C12H13IN2O2S. The summed E-state index contributed by atoms with van der Waals surface area (Å²) in [6.45, 7) is 4.09. The van der Waals surface area contributed by atoms with Crippen molar-refractivity contribution < 1.29 is 9.59 Å². The molecule has 1 aromatic heterocycles. The molecule has 2 heterocycles. The van der Waals surface area contributed by atoms with E-state index in [0.29, 0.717) is 18.8 Å². The van der Waals surface area contributed by atoms with Crippen LogP contribution in [-0.4, -0.2) is 27.8 Å². The molecule has 18 heavy (non-hydrogen) atoms. The van der Waals surface area contributed by atoms with Gasteiger partial charge in [0.1, 0.15) is 5.82 Å². The highest BCUT2D eigenvalue weighted by Gasteiger charge is 2.32. The fourth-order valence-electron chi connectivity index (χ4n) is 1.88. The van der Waals surface area contributed by atoms with Gasteiger partial charge in [-0.05, 0) is 41.1 Å². The van der Waals surface area contributed by atoms with Crippen molar-refractivity contribution in [2.75, 3.05) is 11.4 Å². The number of pyridine rings is 1. The summed E-state index contributed by atoms with van der Waals surface area (Å²) < 4.78 is 1.08. The zero-order chi connectivity index (χ0) is 13.3. The maximum atomic E-state index is 11.9. The van der Waals surface area contributed by atoms with Gasteiger partial charge in [0.05, 0.1) is 0 Å². The van der Waals surface area contributed by atoms with Gasteiger partial charge in [-0.2, -0.15) is 0 Å². The van der Waals surface area contributed by atoms with E-state index in [1.54, 1.807) is 11.1 Å². The quantitative estimate of drug-likeness (QED) is 0.744. The normalized spacial score (nSPS) is 19.4. The maximum Gasteiger partial charge on any atom is 0.229 e. The number of aryl methyl sites for hydroxylation is 1. The predicted molar refractivity (Wildman–Crippen MR) is 80.7 cm³/mol. The predicted octanol–water partition coefficient (Wildman–Crippen LogP) is 2.38. The van der Waals surface area contributed by atoms with Gasteiger partial charge in [0.25, 0.3) is 0 Å². The molecule has 4 nitrogen and oxygen atoms in total. The van der Waals surface area contributed by atoms with E-state index in [0.717, 1.165) is 9.13 Å². The van der Waals surface area contributed by atoms with Gasteiger partial charge in [0.15, 0.2) is 5.12 Å². The minimum absolute atomic E-state index is 0.0434. The molecule has 0 bridgehead atoms. The Labute approximate surface area is 124 Å². The number of carbonyl (C=O) groups is 2. The molecule has 1 aliphatic heterocycles. The van der Waals surface area contributed by atoms with Crippen LogP contribution in [0, 0.1) is 10.5 Å². The molecule has 1 fully saturated rings. The first-order chi connectivity index (χ1) is 8.47. The number of anilines is 1. The number of carbonyl (C=O) groups excluding carboxylic acids is 2. The molecule has 6 heteroatoms. The molecule has 96 valence electrons. The Balaban J connectivity index is 2.16. The van der Waals surface area contributed by atoms with Crippen molar-refractivity contribution >= 4 is 51.2 Å². The number of aromatic nitrogens is 1. The molecule has 1 atom stereocenters. The second-order valence-electron chi connectivity index (χ2n) is 4.23. The summed E-state index contributed by atoms with van der Waals surface area (Å²) in [4.78, 5) is 28.9. The number of nitrogens with zero attached hydrogens (tertiary/aromatic N) is 2. The third-order valence-electron chi connectivity index (χ3n) is 2.73. The van der Waals surface area contributed by atoms with Crippen LogP contribution >= 0.6 is 34.4 Å². The molecule has 1 aromatic rings. The standard InChI is InChI=1S/C12H13IN2O2S/c1-7-3-11(14-5-10(7)13)15-6-9(4-12(15)17)18-8(2)16/h3,5,9H,4,6H2,1-2H3. The second kappa shape index (κ2) is 5.56. The lowest BCUT2D eigenvalue weighted by Gasteiger charge is -2.16. The van der Waals surface area contributed by atoms with E-state index in [-0.39, 0.29) is 16.3 Å². The van der Waals surface area contributed by atoms with Crippen LogP contribution in [0.5, 0.6) is 0 Å². The highest BCUT2D eigenvalue weighted by atomic mass is 127. The summed E-state index contributed by atoms with van der Waals surface area (Å²) in [6, 6.07) is 1.92. The molecule has 0 spiro atoms. The number of amides is 1. The fourth-order valence-corrected chi connectivity index (χ4v) is 3.10. The van der Waals surface area contributed by atoms with Crippen LogP contribution in [-0.2, 0) is 9.59 Å². The van der Waals surface area contributed by atoms with Gasteiger partial charge >= 0.3 is 0 Å². The topological polar surface area (TPSA) is 50.3 Å². The van der Waals surface area contributed by atoms with Gasteiger partial charge < -0.3 is 0 Å². The second-order valence-corrected chi connectivity index (χ2v) is 6.87. The first-order valence-corrected chi connectivity index (χ1v) is 7.53. The van der Waals surface area contributed by atoms with Crippen LogP contribution in [0.15, 0.2) is 12.3 Å². The summed E-state index contributed by atoms with van der Waals surface area (Å²) in [5.41, 5.74) is 1.11. The van der Waals surface area contributed by atoms with Gasteiger partial charge in [-0.25, -0.2) is 4.98 Å². The van der Waals surface area contributed by atoms with Crippen molar-refractivity contribution in [1.82, 2.24) is 4.98 Å². The molecule has 0 N–H and O–H groups in total. The van der Waals surface area contributed by atoms with Gasteiger partial charge in [-0.3, -0.25) is 14.5 Å². The minimum Gasteiger partial charge on any atom is -0.296 e. The Morgan fingerprint density at radius 2 is 2.33 bits per heavy atom. The van der Waals surface area contributed by atoms with E-state index in [9.17, 15) is 9.59 Å². The highest BCUT2D eigenvalue weighted by molar-refractivity contribution is 14.1. The average Bonchev–Trinajstić information content (AvgIpc) is 2.62. The van der Waals surface area contributed by atoms with Crippen molar-refractivity contribution in [2.24, 2.45) is 0 Å². The van der Waals surface area contributed by atoms with E-state index < -0.39 is 0 Å². The van der Waals surface area contributed by atoms with Crippen LogP contribution in [0.1, 0.15) is 18.9 Å². The molecule has 0 saturated carbocycles. The van der Waals surface area contributed by atoms with Crippen molar-refractivity contribution in [3.05, 3.63) is 21.4 Å². The monoisotopic (exact) mass is 376 g/mol. The third-order valence-corrected chi connectivity index (χ3v) is 4.84. The van der Waals surface area contributed by atoms with E-state index in [1.165, 1.54) is 18.7 Å². The molecule has 1 aliphatic rings. The van der Waals surface area contributed by atoms with Gasteiger partial charge in [-0.1, -0.05) is 11.8 Å². The van der Waals surface area contributed by atoms with E-state index in [4.69, 9.17) is 0 Å². The van der Waals surface area contributed by atoms with Crippen molar-refractivity contribution in [3.8, 4) is 0 Å². The summed E-state index contributed by atoms with van der Waals surface area (Å²) >= 11 is 3.46. The summed E-state index contributed by atoms with van der Waals surface area (Å²) in [5, 5.41) is 0.109. The number of halogens is 1. The summed E-state index contributed by atoms with van der Waals surface area (Å²) in [7, 11) is 0. The van der Waals surface area contributed by atoms with Crippen LogP contribution in [0.4, 0.5) is 5.82 Å². The van der Waals surface area contributed by atoms with Crippen LogP contribution in [0.2, 0.25) is 0 Å². The van der Waals surface area contributed by atoms with Gasteiger partial charge in [-0.15, -0.1) is 0 Å². The number of hydrogen-bond donors (Lipinski definition) is 0. The lowest BCUT2D eigenvalue weighted by molar-refractivity contribution is -0.117. The van der Waals surface area contributed by atoms with Gasteiger partial charge in [0.2, 0.25) is 5.91 Å². The highest BCUT2D eigenvalue weighted by Crippen LogP contribution is 2.28. The Kier molecular flexibility index (Phi) is 4.26. The molecule has 0 aliphatic carbocycles. The van der Waals surface area contributed by atoms with Gasteiger partial charge in [0, 0.05) is 34.9 Å². The first kappa shape index (κ1) is 13.8. The number of rotatable bonds is 2. The largest absolute Gasteiger partial charge is 0.296 e. The lowest BCUT2D eigenvalue weighted by Crippen LogP contribution is -2.26. The number of hydrogen-bond acceptors (Lipinski definition) is 4. The number of thioether (sulfide) groups is 1. The van der Waals surface area contributed by atoms with Crippen LogP contribution in [0.25, 0.3) is 0 Å². The summed E-state index contributed by atoms with van der Waals surface area (Å²) in [6.07, 6.45) is 2.18. The van der Waals surface area contributed by atoms with Crippen molar-refractivity contribution in [3.63, 3.8) is 0 Å². The first-order valence-electron chi connectivity index (χ1n) is 5.57. The van der Waals surface area contributed by atoms with Crippen LogP contribution < -0.4 is 4.90 Å². The SMILES string of the molecule is CC(=O)SC1CC(=O)N(c2cc(C)c(I)cn2)C1. The Bertz CT molecular complexity index is 507. The van der Waals surface area contributed by atoms with E-state index in [2.05, 4.69) is 27.6 Å². The molecule has 1 saturated heterocycles. The Morgan fingerprint density at radius 3 is 2.94 bits per heavy atom. The maximum absolute atomic E-state index is 11.9. The Morgan fingerprint density at radius 1 is 1.61 bits per heavy atom. The smallest absolute Gasteiger partial charge is 0.229 e. The molecule has 2 rings (SSSR count). The molecular weight excluding hydrogens is 363 g/mol. The molecule has 0 radical (unpaired) electrons. The van der Waals surface area contributed by atoms with E-state index >= 15 is 0 Å². The zero-order valence-corrected chi connectivity index (χ0v) is 13.1. The third kappa shape index (κ3) is 3.03. The Hall–Kier alpha value is -0.630. The molecule has 1 unspecified atom stereocenters. The minimum atomic E-state index is 0.0434. The average molecular weight is 376 g/mol. The van der Waals surface area contributed by atoms with Crippen molar-refractivity contribution in [2.45, 2.75) is 25.5 Å². The molecule has 1 amide bonds. The molecule has 0 aromatic carbocycles. The fraction of sp³-hybridized carbons (Fsp3) is 0.417.